The van der Waals surface area contributed by atoms with Crippen LogP contribution in [0.4, 0.5) is 0 Å². The number of amides is 1. The van der Waals surface area contributed by atoms with Crippen LogP contribution in [-0.4, -0.2) is 32.9 Å². The van der Waals surface area contributed by atoms with Gasteiger partial charge in [-0.1, -0.05) is 30.3 Å². The lowest BCUT2D eigenvalue weighted by molar-refractivity contribution is 0.0951. The van der Waals surface area contributed by atoms with E-state index < -0.39 is 0 Å². The average Bonchev–Trinajstić information content (AvgIpc) is 2.97. The van der Waals surface area contributed by atoms with Gasteiger partial charge in [-0.3, -0.25) is 9.36 Å². The van der Waals surface area contributed by atoms with Gasteiger partial charge in [-0.15, -0.1) is 5.10 Å². The fourth-order valence-electron chi connectivity index (χ4n) is 2.81. The Hall–Kier alpha value is -3.35. The highest BCUT2D eigenvalue weighted by atomic mass is 16.5. The maximum Gasteiger partial charge on any atom is 0.345 e. The lowest BCUT2D eigenvalue weighted by Gasteiger charge is -2.10. The van der Waals surface area contributed by atoms with Gasteiger partial charge in [-0.2, -0.15) is 0 Å². The van der Waals surface area contributed by atoms with E-state index in [1.807, 2.05) is 44.2 Å². The Balaban J connectivity index is 1.61. The van der Waals surface area contributed by atoms with Crippen molar-refractivity contribution in [2.24, 2.45) is 7.05 Å². The van der Waals surface area contributed by atoms with Gasteiger partial charge in [0, 0.05) is 24.7 Å². The van der Waals surface area contributed by atoms with Crippen molar-refractivity contribution in [3.63, 3.8) is 0 Å². The summed E-state index contributed by atoms with van der Waals surface area (Å²) in [4.78, 5) is 24.7. The largest absolute Gasteiger partial charge is 0.491 e. The Bertz CT molecular complexity index is 989. The third-order valence-corrected chi connectivity index (χ3v) is 4.17. The fraction of sp³-hybridized carbons (Fsp3) is 0.286. The van der Waals surface area contributed by atoms with Crippen LogP contribution in [0.25, 0.3) is 11.4 Å². The quantitative estimate of drug-likeness (QED) is 0.683. The molecule has 7 nitrogen and oxygen atoms in total. The van der Waals surface area contributed by atoms with Gasteiger partial charge in [0.05, 0.1) is 12.6 Å². The first kappa shape index (κ1) is 19.4. The molecular weight excluding hydrogens is 356 g/mol. The Labute approximate surface area is 163 Å². The number of aromatic nitrogens is 3. The van der Waals surface area contributed by atoms with E-state index in [0.29, 0.717) is 24.5 Å². The normalized spacial score (nSPS) is 10.9. The van der Waals surface area contributed by atoms with Crippen LogP contribution in [0.3, 0.4) is 0 Å². The van der Waals surface area contributed by atoms with Gasteiger partial charge in [-0.05, 0) is 38.1 Å². The van der Waals surface area contributed by atoms with Gasteiger partial charge >= 0.3 is 5.69 Å². The standard InChI is InChI=1S/C21H24N4O3/c1-15(2)28-18-11-9-17(10-12-18)20(26)22-13-14-25-21(27)24(3)19(23-25)16-7-5-4-6-8-16/h4-12,15H,13-14H2,1-3H3,(H,22,26). The molecule has 0 saturated heterocycles. The molecule has 0 aliphatic rings. The summed E-state index contributed by atoms with van der Waals surface area (Å²) in [7, 11) is 1.69. The van der Waals surface area contributed by atoms with E-state index in [2.05, 4.69) is 10.4 Å². The molecule has 3 aromatic rings. The van der Waals surface area contributed by atoms with E-state index >= 15 is 0 Å². The molecular formula is C21H24N4O3. The van der Waals surface area contributed by atoms with Crippen molar-refractivity contribution < 1.29 is 9.53 Å². The number of carbonyl (C=O) groups excluding carboxylic acids is 1. The molecule has 28 heavy (non-hydrogen) atoms. The van der Waals surface area contributed by atoms with Crippen molar-refractivity contribution in [2.45, 2.75) is 26.5 Å². The van der Waals surface area contributed by atoms with E-state index in [4.69, 9.17) is 4.74 Å². The Morgan fingerprint density at radius 2 is 1.79 bits per heavy atom. The number of rotatable bonds is 7. The van der Waals surface area contributed by atoms with Crippen molar-refractivity contribution in [1.82, 2.24) is 19.7 Å². The topological polar surface area (TPSA) is 78.2 Å². The molecule has 0 atom stereocenters. The van der Waals surface area contributed by atoms with Crippen LogP contribution in [0.5, 0.6) is 5.75 Å². The van der Waals surface area contributed by atoms with Crippen LogP contribution in [0.1, 0.15) is 24.2 Å². The Morgan fingerprint density at radius 1 is 1.11 bits per heavy atom. The predicted molar refractivity (Wildman–Crippen MR) is 107 cm³/mol. The lowest BCUT2D eigenvalue weighted by atomic mass is 10.2. The van der Waals surface area contributed by atoms with E-state index in [0.717, 1.165) is 11.3 Å². The average molecular weight is 380 g/mol. The van der Waals surface area contributed by atoms with E-state index in [9.17, 15) is 9.59 Å². The Kier molecular flexibility index (Phi) is 5.93. The van der Waals surface area contributed by atoms with Gasteiger partial charge in [0.15, 0.2) is 5.82 Å². The SMILES string of the molecule is CC(C)Oc1ccc(C(=O)NCCn2nc(-c3ccccc3)n(C)c2=O)cc1. The fourth-order valence-corrected chi connectivity index (χ4v) is 2.81. The highest BCUT2D eigenvalue weighted by Gasteiger charge is 2.12. The number of benzene rings is 2. The first-order valence-corrected chi connectivity index (χ1v) is 9.20. The summed E-state index contributed by atoms with van der Waals surface area (Å²) in [6.07, 6.45) is 0.0807. The minimum Gasteiger partial charge on any atom is -0.491 e. The zero-order chi connectivity index (χ0) is 20.1. The van der Waals surface area contributed by atoms with Crippen LogP contribution in [0.2, 0.25) is 0 Å². The number of hydrogen-bond donors (Lipinski definition) is 1. The highest BCUT2D eigenvalue weighted by Crippen LogP contribution is 2.14. The second-order valence-electron chi connectivity index (χ2n) is 6.70. The van der Waals surface area contributed by atoms with Crippen LogP contribution in [-0.2, 0) is 13.6 Å². The number of ether oxygens (including phenoxy) is 1. The molecule has 146 valence electrons. The second kappa shape index (κ2) is 8.56. The summed E-state index contributed by atoms with van der Waals surface area (Å²) in [5.41, 5.74) is 1.19. The van der Waals surface area contributed by atoms with E-state index in [1.54, 1.807) is 31.3 Å². The van der Waals surface area contributed by atoms with Crippen molar-refractivity contribution in [2.75, 3.05) is 6.54 Å². The third-order valence-electron chi connectivity index (χ3n) is 4.17. The van der Waals surface area contributed by atoms with E-state index in [-0.39, 0.29) is 17.7 Å². The molecule has 0 radical (unpaired) electrons. The molecule has 3 rings (SSSR count). The summed E-state index contributed by atoms with van der Waals surface area (Å²) < 4.78 is 8.44. The maximum absolute atomic E-state index is 12.4. The summed E-state index contributed by atoms with van der Waals surface area (Å²) in [6, 6.07) is 16.5. The molecule has 1 heterocycles. The van der Waals surface area contributed by atoms with Crippen molar-refractivity contribution in [3.05, 3.63) is 70.6 Å². The third kappa shape index (κ3) is 4.49. The zero-order valence-corrected chi connectivity index (χ0v) is 16.3. The number of carbonyl (C=O) groups is 1. The molecule has 0 saturated carbocycles. The smallest absolute Gasteiger partial charge is 0.345 e. The van der Waals surface area contributed by atoms with Crippen LogP contribution in [0.15, 0.2) is 59.4 Å². The van der Waals surface area contributed by atoms with Crippen molar-refractivity contribution >= 4 is 5.91 Å². The Morgan fingerprint density at radius 3 is 2.43 bits per heavy atom. The maximum atomic E-state index is 12.4. The molecule has 0 bridgehead atoms. The molecule has 7 heteroatoms. The van der Waals surface area contributed by atoms with Crippen LogP contribution in [0, 0.1) is 0 Å². The van der Waals surface area contributed by atoms with Crippen molar-refractivity contribution in [3.8, 4) is 17.1 Å². The molecule has 1 aromatic heterocycles. The van der Waals surface area contributed by atoms with E-state index in [1.165, 1.54) is 9.25 Å². The number of hydrogen-bond acceptors (Lipinski definition) is 4. The summed E-state index contributed by atoms with van der Waals surface area (Å²) in [5, 5.41) is 7.20. The van der Waals surface area contributed by atoms with Gasteiger partial charge < -0.3 is 10.1 Å². The van der Waals surface area contributed by atoms with Crippen LogP contribution < -0.4 is 15.7 Å². The second-order valence-corrected chi connectivity index (χ2v) is 6.70. The zero-order valence-electron chi connectivity index (χ0n) is 16.3. The van der Waals surface area contributed by atoms with Crippen LogP contribution >= 0.6 is 0 Å². The molecule has 1 N–H and O–H groups in total. The molecule has 0 unspecified atom stereocenters. The van der Waals surface area contributed by atoms with Gasteiger partial charge in [0.25, 0.3) is 5.91 Å². The predicted octanol–water partition coefficient (Wildman–Crippen LogP) is 2.47. The highest BCUT2D eigenvalue weighted by molar-refractivity contribution is 5.94. The lowest BCUT2D eigenvalue weighted by Crippen LogP contribution is -2.31. The van der Waals surface area contributed by atoms with Crippen molar-refractivity contribution in [1.29, 1.82) is 0 Å². The molecule has 0 aliphatic heterocycles. The molecule has 0 fully saturated rings. The number of nitrogens with zero attached hydrogens (tertiary/aromatic N) is 3. The molecule has 1 amide bonds. The molecule has 0 aliphatic carbocycles. The summed E-state index contributed by atoms with van der Waals surface area (Å²) in [6.45, 7) is 4.49. The number of nitrogens with one attached hydrogen (secondary N) is 1. The monoisotopic (exact) mass is 380 g/mol. The minimum absolute atomic E-state index is 0.0807. The van der Waals surface area contributed by atoms with Gasteiger partial charge in [0.2, 0.25) is 0 Å². The molecule has 2 aromatic carbocycles. The summed E-state index contributed by atoms with van der Waals surface area (Å²) in [5.74, 6) is 1.11. The minimum atomic E-state index is -0.219. The first-order valence-electron chi connectivity index (χ1n) is 9.20. The first-order chi connectivity index (χ1) is 13.5. The van der Waals surface area contributed by atoms with Gasteiger partial charge in [-0.25, -0.2) is 9.48 Å². The summed E-state index contributed by atoms with van der Waals surface area (Å²) >= 11 is 0. The van der Waals surface area contributed by atoms with Gasteiger partial charge in [0.1, 0.15) is 5.75 Å². The molecule has 0 spiro atoms.